The number of hydrogen-bond acceptors (Lipinski definition) is 5. The molecule has 1 N–H and O–H groups in total. The summed E-state index contributed by atoms with van der Waals surface area (Å²) in [6, 6.07) is 21.4. The van der Waals surface area contributed by atoms with Gasteiger partial charge < -0.3 is 5.11 Å². The second-order valence-electron chi connectivity index (χ2n) is 11.1. The highest BCUT2D eigenvalue weighted by molar-refractivity contribution is 7.48. The highest BCUT2D eigenvalue weighted by Crippen LogP contribution is 2.66. The Balaban J connectivity index is 1.37. The van der Waals surface area contributed by atoms with Crippen molar-refractivity contribution in [2.45, 2.75) is 84.2 Å². The summed E-state index contributed by atoms with van der Waals surface area (Å²) in [7, 11) is -3.40. The lowest BCUT2D eigenvalue weighted by Gasteiger charge is -2.37. The molecule has 0 aromatic heterocycles. The molecule has 4 rings (SSSR count). The minimum atomic E-state index is -3.40. The van der Waals surface area contributed by atoms with E-state index in [-0.39, 0.29) is 17.4 Å². The van der Waals surface area contributed by atoms with Crippen LogP contribution in [0.15, 0.2) is 72.8 Å². The molecule has 1 saturated carbocycles. The van der Waals surface area contributed by atoms with Gasteiger partial charge in [-0.15, -0.1) is 0 Å². The van der Waals surface area contributed by atoms with Gasteiger partial charge in [0.2, 0.25) is 0 Å². The van der Waals surface area contributed by atoms with Crippen molar-refractivity contribution in [2.24, 2.45) is 11.3 Å². The molecule has 0 amide bonds. The van der Waals surface area contributed by atoms with Gasteiger partial charge in [0.1, 0.15) is 0 Å². The molecule has 0 spiro atoms. The van der Waals surface area contributed by atoms with Crippen LogP contribution in [0.25, 0.3) is 11.1 Å². The largest absolute Gasteiger partial charge is 0.474 e. The zero-order valence-electron chi connectivity index (χ0n) is 24.4. The Morgan fingerprint density at radius 2 is 1.50 bits per heavy atom. The Morgan fingerprint density at radius 1 is 0.900 bits per heavy atom. The molecule has 0 bridgehead atoms. The maximum absolute atomic E-state index is 12.4. The van der Waals surface area contributed by atoms with Gasteiger partial charge in [-0.3, -0.25) is 13.6 Å². The molecule has 40 heavy (non-hydrogen) atoms. The predicted octanol–water partition coefficient (Wildman–Crippen LogP) is 9.24. The van der Waals surface area contributed by atoms with Gasteiger partial charge in [-0.2, -0.15) is 0 Å². The van der Waals surface area contributed by atoms with Crippen molar-refractivity contribution < 1.29 is 23.2 Å². The number of benzene rings is 2. The van der Waals surface area contributed by atoms with Gasteiger partial charge in [-0.1, -0.05) is 98.5 Å². The first-order valence-electron chi connectivity index (χ1n) is 15.2. The molecule has 3 unspecified atom stereocenters. The van der Waals surface area contributed by atoms with Crippen LogP contribution in [0, 0.1) is 11.3 Å². The quantitative estimate of drug-likeness (QED) is 0.153. The molecule has 3 atom stereocenters. The van der Waals surface area contributed by atoms with Crippen molar-refractivity contribution in [2.75, 3.05) is 19.8 Å². The number of phosphoric acid groups is 1. The van der Waals surface area contributed by atoms with E-state index in [9.17, 15) is 9.67 Å². The Morgan fingerprint density at radius 3 is 2.15 bits per heavy atom. The molecule has 6 heteroatoms. The first-order valence-corrected chi connectivity index (χ1v) is 16.7. The maximum Gasteiger partial charge on any atom is 0.474 e. The van der Waals surface area contributed by atoms with Crippen LogP contribution in [0.2, 0.25) is 0 Å². The van der Waals surface area contributed by atoms with Crippen molar-refractivity contribution in [1.82, 2.24) is 0 Å². The average Bonchev–Trinajstić information content (AvgIpc) is 3.47. The van der Waals surface area contributed by atoms with Crippen LogP contribution >= 0.6 is 7.82 Å². The van der Waals surface area contributed by atoms with Crippen LogP contribution in [-0.4, -0.2) is 31.0 Å². The fraction of sp³-hybridized carbons (Fsp3) is 0.529. The zero-order chi connectivity index (χ0) is 28.4. The van der Waals surface area contributed by atoms with E-state index in [0.717, 1.165) is 63.4 Å². The van der Waals surface area contributed by atoms with Gasteiger partial charge in [-0.25, -0.2) is 4.57 Å². The SMILES string of the molecule is C=C(c1ccccc1)C12CCC(O)C1CC(CCCCCCCCOP(=O)(OCC)OCC)=C2c1ccccc1. The summed E-state index contributed by atoms with van der Waals surface area (Å²) in [5.41, 5.74) is 6.34. The van der Waals surface area contributed by atoms with Crippen LogP contribution in [0.3, 0.4) is 0 Å². The number of fused-ring (bicyclic) bond motifs is 1. The first-order chi connectivity index (χ1) is 19.4. The van der Waals surface area contributed by atoms with Crippen LogP contribution in [0.4, 0.5) is 0 Å². The number of allylic oxidation sites excluding steroid dienone is 3. The molecular weight excluding hydrogens is 519 g/mol. The molecule has 2 aliphatic carbocycles. The summed E-state index contributed by atoms with van der Waals surface area (Å²) in [6.45, 7) is 9.25. The molecule has 5 nitrogen and oxygen atoms in total. The molecule has 2 aromatic rings. The van der Waals surface area contributed by atoms with E-state index in [4.69, 9.17) is 13.6 Å². The number of unbranched alkanes of at least 4 members (excludes halogenated alkanes) is 5. The Labute approximate surface area is 241 Å². The monoisotopic (exact) mass is 566 g/mol. The van der Waals surface area contributed by atoms with Gasteiger partial charge in [0.05, 0.1) is 25.9 Å². The molecule has 0 saturated heterocycles. The highest BCUT2D eigenvalue weighted by Gasteiger charge is 2.56. The maximum atomic E-state index is 12.4. The summed E-state index contributed by atoms with van der Waals surface area (Å²) in [5, 5.41) is 11.2. The Hall–Kier alpha value is -2.01. The predicted molar refractivity (Wildman–Crippen MR) is 164 cm³/mol. The Kier molecular flexibility index (Phi) is 11.4. The molecule has 2 aliphatic rings. The molecule has 218 valence electrons. The van der Waals surface area contributed by atoms with Crippen LogP contribution in [0.1, 0.15) is 89.2 Å². The minimum absolute atomic E-state index is 0.190. The molecule has 0 aliphatic heterocycles. The zero-order valence-corrected chi connectivity index (χ0v) is 25.2. The summed E-state index contributed by atoms with van der Waals surface area (Å²) in [6.07, 6.45) is 9.97. The van der Waals surface area contributed by atoms with Crippen molar-refractivity contribution >= 4 is 19.0 Å². The first kappa shape index (κ1) is 30.9. The number of aliphatic hydroxyl groups is 1. The molecule has 0 radical (unpaired) electrons. The number of aliphatic hydroxyl groups excluding tert-OH is 1. The van der Waals surface area contributed by atoms with E-state index in [0.29, 0.717) is 19.8 Å². The summed E-state index contributed by atoms with van der Waals surface area (Å²) in [5.74, 6) is 0.190. The van der Waals surface area contributed by atoms with Gasteiger partial charge in [0, 0.05) is 11.3 Å². The third kappa shape index (κ3) is 7.06. The van der Waals surface area contributed by atoms with Crippen molar-refractivity contribution in [1.29, 1.82) is 0 Å². The summed E-state index contributed by atoms with van der Waals surface area (Å²) < 4.78 is 28.2. The van der Waals surface area contributed by atoms with E-state index in [1.807, 2.05) is 0 Å². The van der Waals surface area contributed by atoms with E-state index >= 15 is 0 Å². The van der Waals surface area contributed by atoms with Crippen molar-refractivity contribution in [3.05, 3.63) is 83.9 Å². The van der Waals surface area contributed by atoms with E-state index in [1.165, 1.54) is 28.7 Å². The van der Waals surface area contributed by atoms with Crippen LogP contribution in [0.5, 0.6) is 0 Å². The standard InChI is InChI=1S/C34H47O5P/c1-4-37-40(36,38-5-2)39-25-17-9-7-6-8-12-22-30-26-31-32(35)23-24-34(31,27(3)28-18-13-10-14-19-28)33(30)29-20-15-11-16-21-29/h10-11,13-16,18-21,31-32,35H,3-9,12,17,22-26H2,1-2H3. The molecule has 2 aromatic carbocycles. The fourth-order valence-electron chi connectivity index (χ4n) is 6.86. The van der Waals surface area contributed by atoms with Crippen LogP contribution in [-0.2, 0) is 18.1 Å². The molecule has 1 fully saturated rings. The minimum Gasteiger partial charge on any atom is -0.393 e. The van der Waals surface area contributed by atoms with Gasteiger partial charge in [-0.05, 0) is 74.6 Å². The van der Waals surface area contributed by atoms with E-state index in [2.05, 4.69) is 67.2 Å². The lowest BCUT2D eigenvalue weighted by molar-refractivity contribution is 0.119. The number of hydrogen-bond donors (Lipinski definition) is 1. The van der Waals surface area contributed by atoms with Gasteiger partial charge >= 0.3 is 7.82 Å². The van der Waals surface area contributed by atoms with Crippen LogP contribution < -0.4 is 0 Å². The number of phosphoric ester groups is 1. The van der Waals surface area contributed by atoms with Gasteiger partial charge in [0.25, 0.3) is 0 Å². The van der Waals surface area contributed by atoms with Crippen molar-refractivity contribution in [3.8, 4) is 0 Å². The fourth-order valence-corrected chi connectivity index (χ4v) is 8.07. The van der Waals surface area contributed by atoms with Gasteiger partial charge in [0.15, 0.2) is 0 Å². The summed E-state index contributed by atoms with van der Waals surface area (Å²) >= 11 is 0. The third-order valence-corrected chi connectivity index (χ3v) is 10.3. The third-order valence-electron chi connectivity index (χ3n) is 8.62. The highest BCUT2D eigenvalue weighted by atomic mass is 31.2. The van der Waals surface area contributed by atoms with Crippen molar-refractivity contribution in [3.63, 3.8) is 0 Å². The second-order valence-corrected chi connectivity index (χ2v) is 12.7. The lowest BCUT2D eigenvalue weighted by Crippen LogP contribution is -2.29. The normalized spacial score (nSPS) is 22.6. The summed E-state index contributed by atoms with van der Waals surface area (Å²) in [4.78, 5) is 0. The topological polar surface area (TPSA) is 65.0 Å². The molecular formula is C34H47O5P. The van der Waals surface area contributed by atoms with E-state index in [1.54, 1.807) is 13.8 Å². The second kappa shape index (κ2) is 14.8. The lowest BCUT2D eigenvalue weighted by atomic mass is 9.66. The Bertz CT molecular complexity index is 1150. The average molecular weight is 567 g/mol. The van der Waals surface area contributed by atoms with E-state index < -0.39 is 7.82 Å². The molecule has 0 heterocycles. The number of rotatable bonds is 17. The smallest absolute Gasteiger partial charge is 0.393 e.